The first-order valence-electron chi connectivity index (χ1n) is 7.09. The third-order valence-corrected chi connectivity index (χ3v) is 4.08. The van der Waals surface area contributed by atoms with Gasteiger partial charge in [-0.15, -0.1) is 0 Å². The topological polar surface area (TPSA) is 57.7 Å². The van der Waals surface area contributed by atoms with Gasteiger partial charge in [0.1, 0.15) is 24.5 Å². The van der Waals surface area contributed by atoms with Crippen LogP contribution in [0.4, 0.5) is 0 Å². The number of rotatable bonds is 3. The Morgan fingerprint density at radius 1 is 1.29 bits per heavy atom. The largest absolute Gasteiger partial charge is 0.487 e. The van der Waals surface area contributed by atoms with Crippen LogP contribution in [0.15, 0.2) is 36.4 Å². The zero-order valence-corrected chi connectivity index (χ0v) is 11.7. The summed E-state index contributed by atoms with van der Waals surface area (Å²) in [5.41, 5.74) is 0.652. The van der Waals surface area contributed by atoms with Crippen LogP contribution in [0, 0.1) is 18.4 Å². The number of hydrogen-bond acceptors (Lipinski definition) is 3. The zero-order chi connectivity index (χ0) is 14.8. The molecule has 0 saturated carbocycles. The number of nitrogens with zero attached hydrogens (tertiary/aromatic N) is 1. The van der Waals surface area contributed by atoms with Gasteiger partial charge >= 0.3 is 0 Å². The van der Waals surface area contributed by atoms with E-state index in [1.54, 1.807) is 6.07 Å². The Morgan fingerprint density at radius 2 is 2.05 bits per heavy atom. The fourth-order valence-electron chi connectivity index (χ4n) is 2.92. The molecule has 21 heavy (non-hydrogen) atoms. The summed E-state index contributed by atoms with van der Waals surface area (Å²) in [7, 11) is 4.00. The minimum Gasteiger partial charge on any atom is -0.487 e. The second-order valence-corrected chi connectivity index (χ2v) is 5.53. The molecule has 0 radical (unpaired) electrons. The Hall–Kier alpha value is -2.09. The average Bonchev–Trinajstić information content (AvgIpc) is 2.82. The Morgan fingerprint density at radius 3 is 2.71 bits per heavy atom. The van der Waals surface area contributed by atoms with Crippen LogP contribution in [0.3, 0.4) is 0 Å². The van der Waals surface area contributed by atoms with E-state index in [1.807, 2.05) is 30.3 Å². The summed E-state index contributed by atoms with van der Waals surface area (Å²) in [5, 5.41) is 20.7. The summed E-state index contributed by atoms with van der Waals surface area (Å²) in [6.07, 6.45) is 0.427. The van der Waals surface area contributed by atoms with Gasteiger partial charge in [-0.25, -0.2) is 0 Å². The van der Waals surface area contributed by atoms with Gasteiger partial charge in [0.25, 0.3) is 0 Å². The number of hydrogen-bond donors (Lipinski definition) is 2. The lowest BCUT2D eigenvalue weighted by Gasteiger charge is -2.23. The van der Waals surface area contributed by atoms with E-state index in [4.69, 9.17) is 10.00 Å². The molecule has 1 fully saturated rings. The standard InChI is InChI=1S/C17H18N2O2/c1-19-10-14(20)8-13(19)11-21-17-7-6-12(9-18)15-4-2-3-5-16(15)17/h2-7,13-14,19-20H,1,8,10-11H2/t13-,14-/m1/s1. The highest BCUT2D eigenvalue weighted by Crippen LogP contribution is 2.28. The molecule has 0 aliphatic carbocycles. The summed E-state index contributed by atoms with van der Waals surface area (Å²) in [6, 6.07) is 13.8. The maximum atomic E-state index is 9.65. The van der Waals surface area contributed by atoms with Crippen LogP contribution in [0.1, 0.15) is 12.0 Å². The van der Waals surface area contributed by atoms with Crippen molar-refractivity contribution in [1.29, 1.82) is 5.26 Å². The molecule has 4 nitrogen and oxygen atoms in total. The molecule has 1 unspecified atom stereocenters. The van der Waals surface area contributed by atoms with Crippen molar-refractivity contribution in [3.05, 3.63) is 49.0 Å². The van der Waals surface area contributed by atoms with E-state index in [1.165, 1.54) is 0 Å². The minimum absolute atomic E-state index is 0.203. The van der Waals surface area contributed by atoms with Gasteiger partial charge in [0.05, 0.1) is 18.2 Å². The highest BCUT2D eigenvalue weighted by molar-refractivity contribution is 5.92. The first kappa shape index (κ1) is 13.9. The van der Waals surface area contributed by atoms with Crippen LogP contribution in [0.25, 0.3) is 10.8 Å². The van der Waals surface area contributed by atoms with Crippen molar-refractivity contribution >= 4 is 10.8 Å². The van der Waals surface area contributed by atoms with Gasteiger partial charge < -0.3 is 14.7 Å². The molecular weight excluding hydrogens is 264 g/mol. The lowest BCUT2D eigenvalue weighted by atomic mass is 10.0. The summed E-state index contributed by atoms with van der Waals surface area (Å²) in [5.74, 6) is 0.777. The summed E-state index contributed by atoms with van der Waals surface area (Å²) < 4.78 is 5.94. The van der Waals surface area contributed by atoms with Crippen molar-refractivity contribution in [2.45, 2.75) is 18.6 Å². The Bertz CT molecular complexity index is 693. The van der Waals surface area contributed by atoms with Gasteiger partial charge in [-0.2, -0.15) is 12.3 Å². The van der Waals surface area contributed by atoms with E-state index in [2.05, 4.69) is 13.1 Å². The maximum Gasteiger partial charge on any atom is 0.138 e. The van der Waals surface area contributed by atoms with Gasteiger partial charge in [-0.1, -0.05) is 24.3 Å². The molecule has 0 bridgehead atoms. The van der Waals surface area contributed by atoms with Crippen LogP contribution >= 0.6 is 0 Å². The first-order chi connectivity index (χ1) is 10.2. The zero-order valence-electron chi connectivity index (χ0n) is 11.7. The number of benzene rings is 2. The Kier molecular flexibility index (Phi) is 3.78. The number of nitrogens with one attached hydrogen (secondary N) is 1. The molecule has 2 aromatic rings. The molecule has 3 atom stereocenters. The van der Waals surface area contributed by atoms with E-state index < -0.39 is 0 Å². The highest BCUT2D eigenvalue weighted by Gasteiger charge is 2.29. The predicted octanol–water partition coefficient (Wildman–Crippen LogP) is 0.900. The monoisotopic (exact) mass is 282 g/mol. The van der Waals surface area contributed by atoms with Crippen molar-refractivity contribution in [3.8, 4) is 11.8 Å². The molecular formula is C17H18N2O2. The van der Waals surface area contributed by atoms with E-state index in [9.17, 15) is 5.11 Å². The van der Waals surface area contributed by atoms with Crippen LogP contribution in [-0.4, -0.2) is 30.4 Å². The van der Waals surface area contributed by atoms with Crippen LogP contribution < -0.4 is 9.64 Å². The second-order valence-electron chi connectivity index (χ2n) is 5.53. The van der Waals surface area contributed by atoms with E-state index in [-0.39, 0.29) is 12.1 Å². The van der Waals surface area contributed by atoms with Gasteiger partial charge in [0, 0.05) is 17.2 Å². The van der Waals surface area contributed by atoms with Crippen molar-refractivity contribution in [1.82, 2.24) is 0 Å². The summed E-state index contributed by atoms with van der Waals surface area (Å²) >= 11 is 0. The molecule has 2 aromatic carbocycles. The third-order valence-electron chi connectivity index (χ3n) is 4.08. The minimum atomic E-state index is -0.288. The van der Waals surface area contributed by atoms with Crippen LogP contribution in [0.5, 0.6) is 5.75 Å². The number of aliphatic hydroxyl groups is 1. The molecule has 0 spiro atoms. The van der Waals surface area contributed by atoms with Crippen molar-refractivity contribution in [2.75, 3.05) is 13.2 Å². The van der Waals surface area contributed by atoms with Gasteiger partial charge in [-0.3, -0.25) is 0 Å². The van der Waals surface area contributed by atoms with E-state index in [0.717, 1.165) is 21.4 Å². The van der Waals surface area contributed by atoms with Gasteiger partial charge in [0.2, 0.25) is 0 Å². The lowest BCUT2D eigenvalue weighted by molar-refractivity contribution is -0.868. The van der Waals surface area contributed by atoms with Crippen molar-refractivity contribution in [2.24, 2.45) is 0 Å². The average molecular weight is 282 g/mol. The number of nitriles is 1. The number of fused-ring (bicyclic) bond motifs is 1. The molecule has 0 amide bonds. The van der Waals surface area contributed by atoms with Crippen LogP contribution in [0.2, 0.25) is 0 Å². The molecule has 1 heterocycles. The Balaban J connectivity index is 1.83. The first-order valence-corrected chi connectivity index (χ1v) is 7.09. The Labute approximate surface area is 124 Å². The fourth-order valence-corrected chi connectivity index (χ4v) is 2.92. The normalized spacial score (nSPS) is 24.9. The number of aliphatic hydroxyl groups excluding tert-OH is 1. The maximum absolute atomic E-state index is 9.65. The number of ether oxygens (including phenoxy) is 1. The van der Waals surface area contributed by atoms with Crippen LogP contribution in [-0.2, 0) is 0 Å². The second kappa shape index (κ2) is 5.72. The highest BCUT2D eigenvalue weighted by atomic mass is 16.5. The third kappa shape index (κ3) is 2.71. The molecule has 108 valence electrons. The lowest BCUT2D eigenvalue weighted by Crippen LogP contribution is -3.09. The smallest absolute Gasteiger partial charge is 0.138 e. The number of quaternary nitrogens is 1. The number of likely N-dealkylation sites (tertiary alicyclic amines) is 1. The fraction of sp³-hybridized carbons (Fsp3) is 0.294. The van der Waals surface area contributed by atoms with Gasteiger partial charge in [-0.05, 0) is 12.1 Å². The molecule has 3 rings (SSSR count). The molecule has 0 aromatic heterocycles. The molecule has 1 aliphatic rings. The SMILES string of the molecule is [CH2-][NH+]1C[C@H](O)C[C@@H]1COc1ccc(C#N)c2ccccc12. The van der Waals surface area contributed by atoms with Crippen molar-refractivity contribution < 1.29 is 14.7 Å². The molecule has 2 N–H and O–H groups in total. The van der Waals surface area contributed by atoms with Crippen molar-refractivity contribution in [3.63, 3.8) is 0 Å². The van der Waals surface area contributed by atoms with E-state index >= 15 is 0 Å². The summed E-state index contributed by atoms with van der Waals surface area (Å²) in [4.78, 5) is 1.06. The molecule has 1 saturated heterocycles. The van der Waals surface area contributed by atoms with Gasteiger partial charge in [0.15, 0.2) is 0 Å². The summed E-state index contributed by atoms with van der Waals surface area (Å²) in [6.45, 7) is 1.19. The quantitative estimate of drug-likeness (QED) is 0.822. The molecule has 4 heteroatoms. The van der Waals surface area contributed by atoms with E-state index in [0.29, 0.717) is 25.1 Å². The molecule has 1 aliphatic heterocycles. The predicted molar refractivity (Wildman–Crippen MR) is 79.8 cm³/mol.